The summed E-state index contributed by atoms with van der Waals surface area (Å²) in [6.45, 7) is 4.12. The van der Waals surface area contributed by atoms with Crippen LogP contribution in [0.15, 0.2) is 0 Å². The van der Waals surface area contributed by atoms with E-state index in [0.29, 0.717) is 6.54 Å². The highest BCUT2D eigenvalue weighted by Crippen LogP contribution is 2.15. The van der Waals surface area contributed by atoms with E-state index in [4.69, 9.17) is 5.11 Å². The highest BCUT2D eigenvalue weighted by Gasteiger charge is 2.28. The fourth-order valence-electron chi connectivity index (χ4n) is 2.51. The molecule has 0 aromatic carbocycles. The minimum atomic E-state index is -0.962. The largest absolute Gasteiger partial charge is 0.480 e. The molecule has 1 aliphatic rings. The number of carbonyl (C=O) groups excluding carboxylic acids is 1. The van der Waals surface area contributed by atoms with E-state index in [1.807, 2.05) is 14.0 Å². The molecule has 0 aliphatic carbocycles. The van der Waals surface area contributed by atoms with Crippen LogP contribution in [0, 0.1) is 0 Å². The van der Waals surface area contributed by atoms with Crippen molar-refractivity contribution in [2.24, 2.45) is 0 Å². The first-order valence-electron chi connectivity index (χ1n) is 6.87. The molecule has 1 heterocycles. The van der Waals surface area contributed by atoms with Gasteiger partial charge in [-0.15, -0.1) is 0 Å². The highest BCUT2D eigenvalue weighted by atomic mass is 16.4. The topological polar surface area (TPSA) is 64.1 Å². The lowest BCUT2D eigenvalue weighted by Crippen LogP contribution is -2.52. The van der Waals surface area contributed by atoms with Crippen LogP contribution in [0.25, 0.3) is 0 Å². The summed E-state index contributed by atoms with van der Waals surface area (Å²) < 4.78 is 0. The Morgan fingerprint density at radius 1 is 1.42 bits per heavy atom. The molecule has 1 N–H and O–H groups in total. The third kappa shape index (κ3) is 4.70. The molecule has 6 heteroatoms. The Labute approximate surface area is 115 Å². The number of aliphatic carboxylic acids is 1. The summed E-state index contributed by atoms with van der Waals surface area (Å²) in [6.07, 6.45) is 2.82. The van der Waals surface area contributed by atoms with Gasteiger partial charge in [0.1, 0.15) is 6.54 Å². The van der Waals surface area contributed by atoms with Crippen LogP contribution in [-0.2, 0) is 4.79 Å². The first-order chi connectivity index (χ1) is 8.95. The lowest BCUT2D eigenvalue weighted by Gasteiger charge is -2.38. The molecule has 0 saturated carbocycles. The number of likely N-dealkylation sites (tertiary alicyclic amines) is 1. The molecular weight excluding hydrogens is 246 g/mol. The molecule has 1 unspecified atom stereocenters. The Kier molecular flexibility index (Phi) is 6.08. The predicted molar refractivity (Wildman–Crippen MR) is 73.2 cm³/mol. The number of hydrogen-bond donors (Lipinski definition) is 1. The van der Waals surface area contributed by atoms with E-state index in [9.17, 15) is 9.59 Å². The average Bonchev–Trinajstić information content (AvgIpc) is 2.36. The van der Waals surface area contributed by atoms with Crippen molar-refractivity contribution in [3.05, 3.63) is 0 Å². The lowest BCUT2D eigenvalue weighted by molar-refractivity contribution is -0.137. The SMILES string of the molecule is CCCN(CC(=O)O)C(=O)N(C)C1CCCN(C)C1. The van der Waals surface area contributed by atoms with Gasteiger partial charge in [0.25, 0.3) is 0 Å². The number of carboxylic acid groups (broad SMARTS) is 1. The van der Waals surface area contributed by atoms with Gasteiger partial charge in [0, 0.05) is 26.2 Å². The number of rotatable bonds is 5. The van der Waals surface area contributed by atoms with Crippen molar-refractivity contribution >= 4 is 12.0 Å². The summed E-state index contributed by atoms with van der Waals surface area (Å²) in [5.41, 5.74) is 0. The van der Waals surface area contributed by atoms with Crippen LogP contribution in [0.4, 0.5) is 4.79 Å². The van der Waals surface area contributed by atoms with Gasteiger partial charge in [-0.1, -0.05) is 6.92 Å². The zero-order valence-electron chi connectivity index (χ0n) is 12.1. The number of carbonyl (C=O) groups is 2. The van der Waals surface area contributed by atoms with E-state index in [1.54, 1.807) is 11.9 Å². The maximum Gasteiger partial charge on any atom is 0.323 e. The van der Waals surface area contributed by atoms with Crippen molar-refractivity contribution in [2.45, 2.75) is 32.2 Å². The summed E-state index contributed by atoms with van der Waals surface area (Å²) >= 11 is 0. The van der Waals surface area contributed by atoms with Crippen LogP contribution in [0.2, 0.25) is 0 Å². The molecular formula is C13H25N3O3. The lowest BCUT2D eigenvalue weighted by atomic mass is 10.1. The first kappa shape index (κ1) is 15.8. The molecule has 0 aromatic rings. The molecule has 110 valence electrons. The molecule has 0 radical (unpaired) electrons. The molecule has 1 saturated heterocycles. The van der Waals surface area contributed by atoms with Gasteiger partial charge in [-0.25, -0.2) is 4.79 Å². The summed E-state index contributed by atoms with van der Waals surface area (Å²) in [4.78, 5) is 28.5. The van der Waals surface area contributed by atoms with Gasteiger partial charge >= 0.3 is 12.0 Å². The molecule has 1 rings (SSSR count). The molecule has 0 bridgehead atoms. The molecule has 6 nitrogen and oxygen atoms in total. The van der Waals surface area contributed by atoms with Crippen molar-refractivity contribution in [3.8, 4) is 0 Å². The second-order valence-corrected chi connectivity index (χ2v) is 5.27. The summed E-state index contributed by atoms with van der Waals surface area (Å²) in [6, 6.07) is 0.00366. The Balaban J connectivity index is 2.63. The monoisotopic (exact) mass is 271 g/mol. The smallest absolute Gasteiger partial charge is 0.323 e. The Morgan fingerprint density at radius 3 is 2.63 bits per heavy atom. The van der Waals surface area contributed by atoms with E-state index in [1.165, 1.54) is 4.90 Å². The Morgan fingerprint density at radius 2 is 2.11 bits per heavy atom. The van der Waals surface area contributed by atoms with E-state index < -0.39 is 5.97 Å². The summed E-state index contributed by atoms with van der Waals surface area (Å²) in [5.74, 6) is -0.962. The van der Waals surface area contributed by atoms with Gasteiger partial charge in [-0.05, 0) is 32.9 Å². The van der Waals surface area contributed by atoms with Gasteiger partial charge in [0.2, 0.25) is 0 Å². The molecule has 0 aromatic heterocycles. The van der Waals surface area contributed by atoms with Crippen molar-refractivity contribution in [1.82, 2.24) is 14.7 Å². The number of urea groups is 1. The van der Waals surface area contributed by atoms with Crippen LogP contribution >= 0.6 is 0 Å². The van der Waals surface area contributed by atoms with Crippen molar-refractivity contribution in [1.29, 1.82) is 0 Å². The fraction of sp³-hybridized carbons (Fsp3) is 0.846. The number of likely N-dealkylation sites (N-methyl/N-ethyl adjacent to an activating group) is 2. The van der Waals surface area contributed by atoms with Gasteiger partial charge in [0.15, 0.2) is 0 Å². The van der Waals surface area contributed by atoms with Crippen LogP contribution in [0.5, 0.6) is 0 Å². The predicted octanol–water partition coefficient (Wildman–Crippen LogP) is 0.929. The second kappa shape index (κ2) is 7.33. The van der Waals surface area contributed by atoms with Crippen LogP contribution in [0.3, 0.4) is 0 Å². The quantitative estimate of drug-likeness (QED) is 0.808. The first-order valence-corrected chi connectivity index (χ1v) is 6.87. The second-order valence-electron chi connectivity index (χ2n) is 5.27. The van der Waals surface area contributed by atoms with E-state index >= 15 is 0 Å². The van der Waals surface area contributed by atoms with Gasteiger partial charge in [-0.2, -0.15) is 0 Å². The van der Waals surface area contributed by atoms with Crippen molar-refractivity contribution in [3.63, 3.8) is 0 Å². The van der Waals surface area contributed by atoms with Gasteiger partial charge in [-0.3, -0.25) is 4.79 Å². The van der Waals surface area contributed by atoms with Crippen LogP contribution in [0.1, 0.15) is 26.2 Å². The van der Waals surface area contributed by atoms with Crippen LogP contribution < -0.4 is 0 Å². The third-order valence-corrected chi connectivity index (χ3v) is 3.54. The van der Waals surface area contributed by atoms with Crippen molar-refractivity contribution < 1.29 is 14.7 Å². The number of hydrogen-bond acceptors (Lipinski definition) is 3. The van der Waals surface area contributed by atoms with E-state index in [0.717, 1.165) is 32.4 Å². The standard InChI is InChI=1S/C13H25N3O3/c1-4-7-16(10-12(17)18)13(19)15(3)11-6-5-8-14(2)9-11/h11H,4-10H2,1-3H3,(H,17,18). The highest BCUT2D eigenvalue weighted by molar-refractivity contribution is 5.80. The molecule has 0 spiro atoms. The minimum absolute atomic E-state index is 0.176. The summed E-state index contributed by atoms with van der Waals surface area (Å²) in [5, 5.41) is 8.87. The Bertz CT molecular complexity index is 322. The fourth-order valence-corrected chi connectivity index (χ4v) is 2.51. The Hall–Kier alpha value is -1.30. The molecule has 1 aliphatic heterocycles. The minimum Gasteiger partial charge on any atom is -0.480 e. The molecule has 1 fully saturated rings. The molecule has 19 heavy (non-hydrogen) atoms. The summed E-state index contributed by atoms with van der Waals surface area (Å²) in [7, 11) is 3.82. The van der Waals surface area contributed by atoms with Crippen LogP contribution in [-0.4, -0.2) is 78.1 Å². The number of amides is 2. The number of nitrogens with zero attached hydrogens (tertiary/aromatic N) is 3. The van der Waals surface area contributed by atoms with Gasteiger partial charge in [0.05, 0.1) is 0 Å². The number of piperidine rings is 1. The number of carboxylic acids is 1. The van der Waals surface area contributed by atoms with Gasteiger partial charge < -0.3 is 19.8 Å². The maximum absolute atomic E-state index is 12.3. The maximum atomic E-state index is 12.3. The zero-order valence-corrected chi connectivity index (χ0v) is 12.1. The van der Waals surface area contributed by atoms with E-state index in [2.05, 4.69) is 4.90 Å². The van der Waals surface area contributed by atoms with E-state index in [-0.39, 0.29) is 18.6 Å². The average molecular weight is 271 g/mol. The zero-order chi connectivity index (χ0) is 14.4. The third-order valence-electron chi connectivity index (χ3n) is 3.54. The molecule has 2 amide bonds. The normalized spacial score (nSPS) is 20.1. The molecule has 1 atom stereocenters. The van der Waals surface area contributed by atoms with Crippen molar-refractivity contribution in [2.75, 3.05) is 40.3 Å².